The lowest BCUT2D eigenvalue weighted by molar-refractivity contribution is -0.131. The summed E-state index contributed by atoms with van der Waals surface area (Å²) in [6, 6.07) is 4.61. The van der Waals surface area contributed by atoms with E-state index in [2.05, 4.69) is 23.6 Å². The summed E-state index contributed by atoms with van der Waals surface area (Å²) in [6.07, 6.45) is 3.47. The third kappa shape index (κ3) is 4.85. The van der Waals surface area contributed by atoms with Crippen molar-refractivity contribution in [1.29, 1.82) is 0 Å². The van der Waals surface area contributed by atoms with Gasteiger partial charge in [0, 0.05) is 56.3 Å². The van der Waals surface area contributed by atoms with Gasteiger partial charge in [-0.25, -0.2) is 8.78 Å². The molecule has 0 radical (unpaired) electrons. The quantitative estimate of drug-likeness (QED) is 0.759. The van der Waals surface area contributed by atoms with Gasteiger partial charge in [-0.3, -0.25) is 14.6 Å². The Labute approximate surface area is 161 Å². The zero-order chi connectivity index (χ0) is 19.4. The molecular formula is C21H31F2N3O. The molecule has 0 bridgehead atoms. The highest BCUT2D eigenvalue weighted by molar-refractivity contribution is 5.76. The van der Waals surface area contributed by atoms with E-state index in [1.54, 1.807) is 4.90 Å². The fourth-order valence-corrected chi connectivity index (χ4v) is 4.55. The first-order valence-corrected chi connectivity index (χ1v) is 10.2. The minimum absolute atomic E-state index is 0.0701. The van der Waals surface area contributed by atoms with Crippen molar-refractivity contribution >= 4 is 5.91 Å². The Kier molecular flexibility index (Phi) is 6.82. The van der Waals surface area contributed by atoms with Crippen molar-refractivity contribution < 1.29 is 13.6 Å². The lowest BCUT2D eigenvalue weighted by Crippen LogP contribution is -2.40. The van der Waals surface area contributed by atoms with Crippen LogP contribution in [0.4, 0.5) is 8.78 Å². The highest BCUT2D eigenvalue weighted by Crippen LogP contribution is 2.25. The van der Waals surface area contributed by atoms with Gasteiger partial charge in [-0.1, -0.05) is 19.9 Å². The maximum Gasteiger partial charge on any atom is 0.222 e. The molecule has 2 heterocycles. The summed E-state index contributed by atoms with van der Waals surface area (Å²) in [7, 11) is 0. The Balaban J connectivity index is 1.58. The summed E-state index contributed by atoms with van der Waals surface area (Å²) >= 11 is 0. The molecule has 6 heteroatoms. The zero-order valence-electron chi connectivity index (χ0n) is 16.5. The van der Waals surface area contributed by atoms with Gasteiger partial charge in [-0.2, -0.15) is 0 Å². The van der Waals surface area contributed by atoms with Gasteiger partial charge in [0.2, 0.25) is 5.91 Å². The average Bonchev–Trinajstić information content (AvgIpc) is 3.05. The summed E-state index contributed by atoms with van der Waals surface area (Å²) < 4.78 is 27.1. The predicted molar refractivity (Wildman–Crippen MR) is 102 cm³/mol. The van der Waals surface area contributed by atoms with Crippen LogP contribution in [-0.4, -0.2) is 65.4 Å². The number of nitrogens with zero attached hydrogens (tertiary/aromatic N) is 3. The Bertz CT molecular complexity index is 650. The maximum atomic E-state index is 14.0. The van der Waals surface area contributed by atoms with Crippen LogP contribution in [0.1, 0.15) is 45.1 Å². The number of carbonyl (C=O) groups is 1. The van der Waals surface area contributed by atoms with Crippen LogP contribution in [0.15, 0.2) is 18.2 Å². The highest BCUT2D eigenvalue weighted by atomic mass is 19.1. The van der Waals surface area contributed by atoms with Crippen molar-refractivity contribution in [3.63, 3.8) is 0 Å². The number of amides is 1. The second-order valence-electron chi connectivity index (χ2n) is 7.69. The summed E-state index contributed by atoms with van der Waals surface area (Å²) in [5, 5.41) is 0. The summed E-state index contributed by atoms with van der Waals surface area (Å²) in [4.78, 5) is 19.3. The standard InChI is InChI=1S/C21H31F2N3O/c1-3-24(4-2)19-10-11-25(15-19)18-7-8-21(27)26(12-9-18)14-16-5-6-17(22)13-20(16)23/h5-6,13,18-19H,3-4,7-12,14-15H2,1-2H3. The van der Waals surface area contributed by atoms with E-state index < -0.39 is 11.6 Å². The highest BCUT2D eigenvalue weighted by Gasteiger charge is 2.33. The molecule has 2 unspecified atom stereocenters. The number of likely N-dealkylation sites (N-methyl/N-ethyl adjacent to an activating group) is 1. The SMILES string of the molecule is CCN(CC)C1CCN(C2CCC(=O)N(Cc3ccc(F)cc3F)CC2)C1. The van der Waals surface area contributed by atoms with Crippen LogP contribution in [0.3, 0.4) is 0 Å². The van der Waals surface area contributed by atoms with Gasteiger partial charge in [-0.05, 0) is 38.4 Å². The summed E-state index contributed by atoms with van der Waals surface area (Å²) in [6.45, 7) is 9.60. The minimum atomic E-state index is -0.588. The normalized spacial score (nSPS) is 24.6. The van der Waals surface area contributed by atoms with E-state index in [1.807, 2.05) is 0 Å². The molecule has 3 rings (SSSR count). The summed E-state index contributed by atoms with van der Waals surface area (Å²) in [5.74, 6) is -1.10. The predicted octanol–water partition coefficient (Wildman–Crippen LogP) is 3.26. The lowest BCUT2D eigenvalue weighted by atomic mass is 10.1. The molecule has 150 valence electrons. The van der Waals surface area contributed by atoms with E-state index >= 15 is 0 Å². The van der Waals surface area contributed by atoms with Crippen LogP contribution < -0.4 is 0 Å². The molecule has 0 saturated carbocycles. The largest absolute Gasteiger partial charge is 0.338 e. The topological polar surface area (TPSA) is 26.8 Å². The number of likely N-dealkylation sites (tertiary alicyclic amines) is 2. The van der Waals surface area contributed by atoms with E-state index in [-0.39, 0.29) is 12.5 Å². The lowest BCUT2D eigenvalue weighted by Gasteiger charge is -2.29. The Morgan fingerprint density at radius 3 is 2.59 bits per heavy atom. The van der Waals surface area contributed by atoms with Gasteiger partial charge < -0.3 is 4.90 Å². The van der Waals surface area contributed by atoms with Gasteiger partial charge >= 0.3 is 0 Å². The molecule has 1 aromatic carbocycles. The Morgan fingerprint density at radius 1 is 1.11 bits per heavy atom. The Morgan fingerprint density at radius 2 is 1.89 bits per heavy atom. The third-order valence-electron chi connectivity index (χ3n) is 6.19. The molecule has 0 N–H and O–H groups in total. The second-order valence-corrected chi connectivity index (χ2v) is 7.69. The molecule has 2 aliphatic rings. The fourth-order valence-electron chi connectivity index (χ4n) is 4.55. The summed E-state index contributed by atoms with van der Waals surface area (Å²) in [5.41, 5.74) is 0.381. The van der Waals surface area contributed by atoms with Gasteiger partial charge in [-0.15, -0.1) is 0 Å². The van der Waals surface area contributed by atoms with E-state index in [0.717, 1.165) is 45.1 Å². The molecule has 2 fully saturated rings. The van der Waals surface area contributed by atoms with Gasteiger partial charge in [0.15, 0.2) is 0 Å². The molecule has 1 amide bonds. The van der Waals surface area contributed by atoms with Crippen molar-refractivity contribution in [3.8, 4) is 0 Å². The zero-order valence-corrected chi connectivity index (χ0v) is 16.5. The molecule has 1 aromatic rings. The molecule has 0 aliphatic carbocycles. The smallest absolute Gasteiger partial charge is 0.222 e. The number of benzene rings is 1. The number of carbonyl (C=O) groups excluding carboxylic acids is 1. The number of hydrogen-bond acceptors (Lipinski definition) is 3. The molecule has 27 heavy (non-hydrogen) atoms. The van der Waals surface area contributed by atoms with Crippen molar-refractivity contribution in [2.24, 2.45) is 0 Å². The Hall–Kier alpha value is -1.53. The molecule has 2 aliphatic heterocycles. The van der Waals surface area contributed by atoms with Crippen LogP contribution >= 0.6 is 0 Å². The fraction of sp³-hybridized carbons (Fsp3) is 0.667. The van der Waals surface area contributed by atoms with Gasteiger partial charge in [0.25, 0.3) is 0 Å². The van der Waals surface area contributed by atoms with Gasteiger partial charge in [0.05, 0.1) is 0 Å². The van der Waals surface area contributed by atoms with Crippen LogP contribution in [0.5, 0.6) is 0 Å². The number of hydrogen-bond donors (Lipinski definition) is 0. The third-order valence-corrected chi connectivity index (χ3v) is 6.19. The van der Waals surface area contributed by atoms with Crippen LogP contribution in [0, 0.1) is 11.6 Å². The molecule has 0 aromatic heterocycles. The van der Waals surface area contributed by atoms with E-state index in [9.17, 15) is 13.6 Å². The molecule has 2 saturated heterocycles. The first kappa shape index (κ1) is 20.2. The van der Waals surface area contributed by atoms with Crippen LogP contribution in [-0.2, 0) is 11.3 Å². The molecular weight excluding hydrogens is 348 g/mol. The molecule has 4 nitrogen and oxygen atoms in total. The maximum absolute atomic E-state index is 14.0. The monoisotopic (exact) mass is 379 g/mol. The second kappa shape index (κ2) is 9.11. The van der Waals surface area contributed by atoms with Crippen molar-refractivity contribution in [2.45, 2.75) is 58.2 Å². The van der Waals surface area contributed by atoms with Crippen molar-refractivity contribution in [1.82, 2.24) is 14.7 Å². The van der Waals surface area contributed by atoms with E-state index in [0.29, 0.717) is 30.6 Å². The van der Waals surface area contributed by atoms with Gasteiger partial charge in [0.1, 0.15) is 11.6 Å². The van der Waals surface area contributed by atoms with Crippen LogP contribution in [0.2, 0.25) is 0 Å². The number of halogens is 2. The first-order chi connectivity index (χ1) is 13.0. The van der Waals surface area contributed by atoms with Crippen molar-refractivity contribution in [3.05, 3.63) is 35.4 Å². The minimum Gasteiger partial charge on any atom is -0.338 e. The van der Waals surface area contributed by atoms with E-state index in [1.165, 1.54) is 18.6 Å². The van der Waals surface area contributed by atoms with E-state index in [4.69, 9.17) is 0 Å². The first-order valence-electron chi connectivity index (χ1n) is 10.2. The van der Waals surface area contributed by atoms with Crippen LogP contribution in [0.25, 0.3) is 0 Å². The number of rotatable bonds is 6. The average molecular weight is 379 g/mol. The van der Waals surface area contributed by atoms with Crippen molar-refractivity contribution in [2.75, 3.05) is 32.7 Å². The molecule has 0 spiro atoms. The molecule has 2 atom stereocenters.